The Balaban J connectivity index is 1.43. The molecule has 0 saturated heterocycles. The standard InChI is InChI=1S/C29H29N3O4/c1-18-5-9-22(10-6-18)27-31-25(32-36-27)20-11-7-19(8-12-20)17-24(28(34)35)30-26(33)21-13-15-23(16-14-21)29(2,3)4/h5-16,24H,17H2,1-4H3,(H,30,33)(H,34,35)/t24-/m0/s1. The second kappa shape index (κ2) is 10.2. The Morgan fingerprint density at radius 1 is 0.917 bits per heavy atom. The first kappa shape index (κ1) is 24.9. The summed E-state index contributed by atoms with van der Waals surface area (Å²) in [4.78, 5) is 29.0. The maximum absolute atomic E-state index is 12.7. The number of carboxylic acid groups (broad SMARTS) is 1. The van der Waals surface area contributed by atoms with Crippen molar-refractivity contribution in [3.05, 3.63) is 95.1 Å². The molecule has 0 bridgehead atoms. The summed E-state index contributed by atoms with van der Waals surface area (Å²) in [6, 6.07) is 21.2. The molecule has 0 aliphatic rings. The number of carboxylic acids is 1. The molecule has 7 heteroatoms. The summed E-state index contributed by atoms with van der Waals surface area (Å²) in [6.45, 7) is 8.29. The van der Waals surface area contributed by atoms with E-state index < -0.39 is 17.9 Å². The molecule has 1 heterocycles. The molecular weight excluding hydrogens is 454 g/mol. The van der Waals surface area contributed by atoms with Crippen LogP contribution in [0, 0.1) is 6.92 Å². The van der Waals surface area contributed by atoms with Gasteiger partial charge in [0.25, 0.3) is 11.8 Å². The van der Waals surface area contributed by atoms with Gasteiger partial charge in [0, 0.05) is 23.1 Å². The lowest BCUT2D eigenvalue weighted by molar-refractivity contribution is -0.139. The Bertz CT molecular complexity index is 1350. The summed E-state index contributed by atoms with van der Waals surface area (Å²) >= 11 is 0. The fourth-order valence-electron chi connectivity index (χ4n) is 3.74. The van der Waals surface area contributed by atoms with Gasteiger partial charge in [0.1, 0.15) is 6.04 Å². The normalized spacial score (nSPS) is 12.2. The molecule has 0 aliphatic heterocycles. The van der Waals surface area contributed by atoms with Crippen molar-refractivity contribution in [2.75, 3.05) is 0 Å². The third-order valence-electron chi connectivity index (χ3n) is 5.99. The van der Waals surface area contributed by atoms with Gasteiger partial charge in [-0.15, -0.1) is 0 Å². The maximum atomic E-state index is 12.7. The molecule has 1 atom stereocenters. The van der Waals surface area contributed by atoms with Crippen molar-refractivity contribution >= 4 is 11.9 Å². The Morgan fingerprint density at radius 3 is 2.11 bits per heavy atom. The van der Waals surface area contributed by atoms with Crippen LogP contribution in [-0.2, 0) is 16.6 Å². The molecule has 3 aromatic carbocycles. The third-order valence-corrected chi connectivity index (χ3v) is 5.99. The first-order valence-corrected chi connectivity index (χ1v) is 11.7. The van der Waals surface area contributed by atoms with Crippen molar-refractivity contribution in [3.8, 4) is 22.8 Å². The predicted molar refractivity (Wildman–Crippen MR) is 138 cm³/mol. The number of hydrogen-bond donors (Lipinski definition) is 2. The fourth-order valence-corrected chi connectivity index (χ4v) is 3.74. The van der Waals surface area contributed by atoms with Crippen LogP contribution in [0.15, 0.2) is 77.3 Å². The SMILES string of the molecule is Cc1ccc(-c2nc(-c3ccc(C[C@H](NC(=O)c4ccc(C(C)(C)C)cc4)C(=O)O)cc3)no2)cc1. The van der Waals surface area contributed by atoms with E-state index in [0.717, 1.165) is 27.8 Å². The van der Waals surface area contributed by atoms with E-state index in [1.54, 1.807) is 24.3 Å². The molecule has 0 aliphatic carbocycles. The van der Waals surface area contributed by atoms with Crippen molar-refractivity contribution in [2.45, 2.75) is 45.6 Å². The van der Waals surface area contributed by atoms with Crippen molar-refractivity contribution in [2.24, 2.45) is 0 Å². The monoisotopic (exact) mass is 483 g/mol. The first-order chi connectivity index (χ1) is 17.1. The number of nitrogens with zero attached hydrogens (tertiary/aromatic N) is 2. The second-order valence-corrected chi connectivity index (χ2v) is 9.88. The number of hydrogen-bond acceptors (Lipinski definition) is 5. The highest BCUT2D eigenvalue weighted by Gasteiger charge is 2.22. The van der Waals surface area contributed by atoms with Crippen LogP contribution in [0.5, 0.6) is 0 Å². The molecule has 2 N–H and O–H groups in total. The van der Waals surface area contributed by atoms with E-state index in [-0.39, 0.29) is 11.8 Å². The number of aliphatic carboxylic acids is 1. The maximum Gasteiger partial charge on any atom is 0.326 e. The lowest BCUT2D eigenvalue weighted by Gasteiger charge is -2.19. The minimum Gasteiger partial charge on any atom is -0.480 e. The molecule has 0 spiro atoms. The molecule has 0 fully saturated rings. The van der Waals surface area contributed by atoms with Crippen molar-refractivity contribution < 1.29 is 19.2 Å². The van der Waals surface area contributed by atoms with E-state index in [1.165, 1.54) is 0 Å². The minimum atomic E-state index is -1.10. The Morgan fingerprint density at radius 2 is 1.53 bits per heavy atom. The van der Waals surface area contributed by atoms with Gasteiger partial charge in [0.2, 0.25) is 5.82 Å². The van der Waals surface area contributed by atoms with Crippen LogP contribution < -0.4 is 5.32 Å². The highest BCUT2D eigenvalue weighted by molar-refractivity contribution is 5.96. The summed E-state index contributed by atoms with van der Waals surface area (Å²) in [6.07, 6.45) is 0.141. The average molecular weight is 484 g/mol. The number of rotatable bonds is 7. The number of carbonyl (C=O) groups is 2. The van der Waals surface area contributed by atoms with Gasteiger partial charge in [-0.3, -0.25) is 4.79 Å². The van der Waals surface area contributed by atoms with Gasteiger partial charge in [-0.1, -0.05) is 80.0 Å². The van der Waals surface area contributed by atoms with Crippen LogP contribution in [0.3, 0.4) is 0 Å². The highest BCUT2D eigenvalue weighted by Crippen LogP contribution is 2.24. The van der Waals surface area contributed by atoms with Crippen LogP contribution in [0.25, 0.3) is 22.8 Å². The molecule has 1 amide bonds. The third kappa shape index (κ3) is 5.86. The first-order valence-electron chi connectivity index (χ1n) is 11.7. The largest absolute Gasteiger partial charge is 0.480 e. The zero-order valence-corrected chi connectivity index (χ0v) is 20.8. The number of amides is 1. The van der Waals surface area contributed by atoms with Gasteiger partial charge in [0.15, 0.2) is 0 Å². The summed E-state index contributed by atoms with van der Waals surface area (Å²) in [5, 5.41) is 16.4. The lowest BCUT2D eigenvalue weighted by atomic mass is 9.86. The van der Waals surface area contributed by atoms with E-state index in [0.29, 0.717) is 17.3 Å². The summed E-state index contributed by atoms with van der Waals surface area (Å²) in [7, 11) is 0. The van der Waals surface area contributed by atoms with E-state index >= 15 is 0 Å². The van der Waals surface area contributed by atoms with Gasteiger partial charge in [-0.25, -0.2) is 4.79 Å². The van der Waals surface area contributed by atoms with Crippen molar-refractivity contribution in [1.29, 1.82) is 0 Å². The van der Waals surface area contributed by atoms with Crippen LogP contribution in [0.2, 0.25) is 0 Å². The molecular formula is C29H29N3O4. The average Bonchev–Trinajstić information content (AvgIpc) is 3.34. The predicted octanol–water partition coefficient (Wildman–Crippen LogP) is 5.44. The number of aryl methyl sites for hydroxylation is 1. The second-order valence-electron chi connectivity index (χ2n) is 9.88. The molecule has 4 rings (SSSR count). The van der Waals surface area contributed by atoms with Gasteiger partial charge in [-0.05, 0) is 47.7 Å². The topological polar surface area (TPSA) is 105 Å². The van der Waals surface area contributed by atoms with Gasteiger partial charge in [0.05, 0.1) is 0 Å². The number of aromatic nitrogens is 2. The highest BCUT2D eigenvalue weighted by atomic mass is 16.5. The molecule has 184 valence electrons. The summed E-state index contributed by atoms with van der Waals surface area (Å²) < 4.78 is 5.40. The fraction of sp³-hybridized carbons (Fsp3) is 0.241. The van der Waals surface area contributed by atoms with Gasteiger partial charge in [-0.2, -0.15) is 4.98 Å². The number of carbonyl (C=O) groups excluding carboxylic acids is 1. The molecule has 7 nitrogen and oxygen atoms in total. The summed E-state index contributed by atoms with van der Waals surface area (Å²) in [5.74, 6) is -0.647. The Labute approximate surface area is 210 Å². The smallest absolute Gasteiger partial charge is 0.326 e. The molecule has 0 unspecified atom stereocenters. The van der Waals surface area contributed by atoms with Crippen LogP contribution >= 0.6 is 0 Å². The number of benzene rings is 3. The van der Waals surface area contributed by atoms with E-state index in [9.17, 15) is 14.7 Å². The van der Waals surface area contributed by atoms with E-state index in [2.05, 4.69) is 36.2 Å². The van der Waals surface area contributed by atoms with Crippen LogP contribution in [-0.4, -0.2) is 33.2 Å². The lowest BCUT2D eigenvalue weighted by Crippen LogP contribution is -2.42. The van der Waals surface area contributed by atoms with E-state index in [4.69, 9.17) is 4.52 Å². The van der Waals surface area contributed by atoms with Crippen molar-refractivity contribution in [3.63, 3.8) is 0 Å². The van der Waals surface area contributed by atoms with Gasteiger partial charge >= 0.3 is 5.97 Å². The zero-order valence-electron chi connectivity index (χ0n) is 20.8. The molecule has 1 aromatic heterocycles. The Hall–Kier alpha value is -4.26. The van der Waals surface area contributed by atoms with Gasteiger partial charge < -0.3 is 14.9 Å². The van der Waals surface area contributed by atoms with Crippen molar-refractivity contribution in [1.82, 2.24) is 15.5 Å². The molecule has 0 saturated carbocycles. The quantitative estimate of drug-likeness (QED) is 0.363. The molecule has 0 radical (unpaired) electrons. The van der Waals surface area contributed by atoms with E-state index in [1.807, 2.05) is 55.5 Å². The summed E-state index contributed by atoms with van der Waals surface area (Å²) in [5.41, 5.74) is 4.97. The van der Waals surface area contributed by atoms with Crippen LogP contribution in [0.4, 0.5) is 0 Å². The zero-order chi connectivity index (χ0) is 25.9. The van der Waals surface area contributed by atoms with Crippen LogP contribution in [0.1, 0.15) is 47.8 Å². The minimum absolute atomic E-state index is 0.0332. The molecule has 4 aromatic rings. The number of nitrogens with one attached hydrogen (secondary N) is 1. The molecule has 36 heavy (non-hydrogen) atoms. The Kier molecular flexibility index (Phi) is 7.01.